The summed E-state index contributed by atoms with van der Waals surface area (Å²) in [6.45, 7) is 0. The first-order valence-corrected chi connectivity index (χ1v) is 6.87. The standard InChI is InChI=1S/C11H8Cl4F3NO/c12-4-3-10(14,15)9(20)19-8-2-1-6(13)5-7(8)11(16,17)18/h1-2,5H,3-4H2,(H,19,20). The second-order valence-corrected chi connectivity index (χ2v) is 6.08. The zero-order valence-electron chi connectivity index (χ0n) is 9.70. The molecule has 0 aliphatic heterocycles. The number of hydrogen-bond acceptors (Lipinski definition) is 1. The van der Waals surface area contributed by atoms with Crippen molar-refractivity contribution in [3.8, 4) is 0 Å². The summed E-state index contributed by atoms with van der Waals surface area (Å²) in [5.41, 5.74) is -1.57. The number of anilines is 1. The van der Waals surface area contributed by atoms with Gasteiger partial charge in [-0.1, -0.05) is 34.8 Å². The van der Waals surface area contributed by atoms with Crippen LogP contribution in [0, 0.1) is 0 Å². The van der Waals surface area contributed by atoms with E-state index in [2.05, 4.69) is 0 Å². The predicted octanol–water partition coefficient (Wildman–Crippen LogP) is 5.10. The van der Waals surface area contributed by atoms with E-state index in [9.17, 15) is 18.0 Å². The molecule has 0 heterocycles. The lowest BCUT2D eigenvalue weighted by Gasteiger charge is -2.20. The average molecular weight is 369 g/mol. The molecule has 0 aromatic heterocycles. The lowest BCUT2D eigenvalue weighted by atomic mass is 10.1. The van der Waals surface area contributed by atoms with E-state index in [4.69, 9.17) is 46.4 Å². The molecule has 0 atom stereocenters. The van der Waals surface area contributed by atoms with E-state index < -0.39 is 27.7 Å². The summed E-state index contributed by atoms with van der Waals surface area (Å²) in [4.78, 5) is 11.8. The number of carbonyl (C=O) groups is 1. The summed E-state index contributed by atoms with van der Waals surface area (Å²) in [5.74, 6) is -1.01. The minimum Gasteiger partial charge on any atom is -0.323 e. The van der Waals surface area contributed by atoms with Crippen LogP contribution in [0.1, 0.15) is 12.0 Å². The van der Waals surface area contributed by atoms with E-state index in [1.54, 1.807) is 0 Å². The smallest absolute Gasteiger partial charge is 0.323 e. The molecule has 0 unspecified atom stereocenters. The molecule has 9 heteroatoms. The average Bonchev–Trinajstić information content (AvgIpc) is 2.30. The van der Waals surface area contributed by atoms with Crippen molar-refractivity contribution < 1.29 is 18.0 Å². The first-order chi connectivity index (χ1) is 9.08. The van der Waals surface area contributed by atoms with Crippen LogP contribution in [0.3, 0.4) is 0 Å². The molecule has 1 aromatic carbocycles. The van der Waals surface area contributed by atoms with E-state index in [1.165, 1.54) is 6.07 Å². The Morgan fingerprint density at radius 3 is 2.35 bits per heavy atom. The van der Waals surface area contributed by atoms with E-state index in [0.717, 1.165) is 6.07 Å². The molecule has 0 saturated heterocycles. The highest BCUT2D eigenvalue weighted by Gasteiger charge is 2.37. The molecule has 2 nitrogen and oxygen atoms in total. The first-order valence-electron chi connectivity index (χ1n) is 5.20. The zero-order chi connectivity index (χ0) is 15.6. The maximum atomic E-state index is 12.8. The van der Waals surface area contributed by atoms with Crippen molar-refractivity contribution in [3.05, 3.63) is 28.8 Å². The lowest BCUT2D eigenvalue weighted by molar-refractivity contribution is -0.137. The van der Waals surface area contributed by atoms with Crippen LogP contribution in [0.15, 0.2) is 18.2 Å². The Morgan fingerprint density at radius 1 is 1.25 bits per heavy atom. The van der Waals surface area contributed by atoms with Crippen molar-refractivity contribution in [2.45, 2.75) is 16.9 Å². The highest BCUT2D eigenvalue weighted by atomic mass is 35.5. The predicted molar refractivity (Wildman–Crippen MR) is 74.9 cm³/mol. The monoisotopic (exact) mass is 367 g/mol. The third-order valence-corrected chi connectivity index (χ3v) is 3.42. The summed E-state index contributed by atoms with van der Waals surface area (Å²) in [6, 6.07) is 2.93. The number of rotatable bonds is 4. The van der Waals surface area contributed by atoms with Gasteiger partial charge in [0.1, 0.15) is 0 Å². The quantitative estimate of drug-likeness (QED) is 0.736. The summed E-state index contributed by atoms with van der Waals surface area (Å²) in [5, 5.41) is 1.92. The van der Waals surface area contributed by atoms with E-state index in [-0.39, 0.29) is 17.3 Å². The fraction of sp³-hybridized carbons (Fsp3) is 0.364. The number of nitrogens with one attached hydrogen (secondary N) is 1. The fourth-order valence-electron chi connectivity index (χ4n) is 1.31. The van der Waals surface area contributed by atoms with Gasteiger partial charge in [-0.2, -0.15) is 13.2 Å². The van der Waals surface area contributed by atoms with E-state index in [0.29, 0.717) is 6.07 Å². The summed E-state index contributed by atoms with van der Waals surface area (Å²) in [6.07, 6.45) is -4.79. The molecule has 0 aliphatic carbocycles. The Kier molecular flexibility index (Phi) is 5.84. The topological polar surface area (TPSA) is 29.1 Å². The minimum atomic E-state index is -4.68. The number of amides is 1. The number of benzene rings is 1. The van der Waals surface area contributed by atoms with Crippen LogP contribution in [0.4, 0.5) is 18.9 Å². The molecule has 0 spiro atoms. The molecule has 0 saturated carbocycles. The van der Waals surface area contributed by atoms with Crippen LogP contribution in [-0.2, 0) is 11.0 Å². The van der Waals surface area contributed by atoms with Crippen molar-refractivity contribution in [3.63, 3.8) is 0 Å². The van der Waals surface area contributed by atoms with Gasteiger partial charge in [0, 0.05) is 17.3 Å². The van der Waals surface area contributed by atoms with Gasteiger partial charge in [-0.15, -0.1) is 11.6 Å². The third-order valence-electron chi connectivity index (χ3n) is 2.28. The van der Waals surface area contributed by atoms with Gasteiger partial charge in [0.15, 0.2) is 4.33 Å². The number of alkyl halides is 6. The molecule has 1 aromatic rings. The number of carbonyl (C=O) groups excluding carboxylic acids is 1. The van der Waals surface area contributed by atoms with Crippen LogP contribution in [0.2, 0.25) is 5.02 Å². The van der Waals surface area contributed by atoms with Gasteiger partial charge >= 0.3 is 6.18 Å². The molecule has 1 rings (SSSR count). The van der Waals surface area contributed by atoms with E-state index in [1.807, 2.05) is 5.32 Å². The molecular formula is C11H8Cl4F3NO. The van der Waals surface area contributed by atoms with Crippen molar-refractivity contribution in [1.82, 2.24) is 0 Å². The second kappa shape index (κ2) is 6.60. The molecule has 1 N–H and O–H groups in total. The van der Waals surface area contributed by atoms with Crippen LogP contribution < -0.4 is 5.32 Å². The van der Waals surface area contributed by atoms with Gasteiger partial charge in [-0.25, -0.2) is 0 Å². The molecule has 20 heavy (non-hydrogen) atoms. The normalized spacial score (nSPS) is 12.3. The van der Waals surface area contributed by atoms with Crippen LogP contribution in [0.5, 0.6) is 0 Å². The van der Waals surface area contributed by atoms with Gasteiger partial charge in [-0.05, 0) is 18.2 Å². The maximum absolute atomic E-state index is 12.8. The second-order valence-electron chi connectivity index (χ2n) is 3.79. The molecule has 0 fully saturated rings. The van der Waals surface area contributed by atoms with Crippen LogP contribution in [0.25, 0.3) is 0 Å². The summed E-state index contributed by atoms with van der Waals surface area (Å²) in [7, 11) is 0. The highest BCUT2D eigenvalue weighted by Crippen LogP contribution is 2.37. The molecule has 0 aliphatic rings. The number of hydrogen-bond donors (Lipinski definition) is 1. The molecule has 0 radical (unpaired) electrons. The van der Waals surface area contributed by atoms with Crippen molar-refractivity contribution >= 4 is 58.0 Å². The molecular weight excluding hydrogens is 361 g/mol. The van der Waals surface area contributed by atoms with Gasteiger partial charge in [0.2, 0.25) is 0 Å². The summed E-state index contributed by atoms with van der Waals surface area (Å²) >= 11 is 22.3. The van der Waals surface area contributed by atoms with Gasteiger partial charge in [0.25, 0.3) is 5.91 Å². The van der Waals surface area contributed by atoms with Gasteiger partial charge in [-0.3, -0.25) is 4.79 Å². The SMILES string of the molecule is O=C(Nc1ccc(Cl)cc1C(F)(F)F)C(Cl)(Cl)CCCl. The first kappa shape index (κ1) is 17.7. The van der Waals surface area contributed by atoms with Gasteiger partial charge in [0.05, 0.1) is 11.3 Å². The fourth-order valence-corrected chi connectivity index (χ4v) is 2.24. The zero-order valence-corrected chi connectivity index (χ0v) is 12.7. The number of halogens is 7. The maximum Gasteiger partial charge on any atom is 0.418 e. The van der Waals surface area contributed by atoms with Crippen molar-refractivity contribution in [2.75, 3.05) is 11.2 Å². The Balaban J connectivity index is 3.07. The largest absolute Gasteiger partial charge is 0.418 e. The molecule has 112 valence electrons. The van der Waals surface area contributed by atoms with Crippen molar-refractivity contribution in [1.29, 1.82) is 0 Å². The Morgan fingerprint density at radius 2 is 1.85 bits per heavy atom. The summed E-state index contributed by atoms with van der Waals surface area (Å²) < 4.78 is 36.6. The van der Waals surface area contributed by atoms with Gasteiger partial charge < -0.3 is 5.32 Å². The minimum absolute atomic E-state index is 0.0207. The molecule has 0 bridgehead atoms. The molecule has 1 amide bonds. The highest BCUT2D eigenvalue weighted by molar-refractivity contribution is 6.59. The third kappa shape index (κ3) is 4.58. The lowest BCUT2D eigenvalue weighted by Crippen LogP contribution is -2.33. The Hall–Kier alpha value is -0.360. The van der Waals surface area contributed by atoms with Crippen LogP contribution >= 0.6 is 46.4 Å². The van der Waals surface area contributed by atoms with Crippen molar-refractivity contribution in [2.24, 2.45) is 0 Å². The van der Waals surface area contributed by atoms with E-state index >= 15 is 0 Å². The van der Waals surface area contributed by atoms with Crippen LogP contribution in [-0.4, -0.2) is 16.1 Å². The Bertz CT molecular complexity index is 505. The Labute approximate surface area is 133 Å².